The van der Waals surface area contributed by atoms with Gasteiger partial charge in [0.15, 0.2) is 0 Å². The van der Waals surface area contributed by atoms with E-state index in [2.05, 4.69) is 255 Å². The van der Waals surface area contributed by atoms with Crippen molar-refractivity contribution in [1.29, 1.82) is 5.26 Å². The summed E-state index contributed by atoms with van der Waals surface area (Å²) >= 11 is 0. The van der Waals surface area contributed by atoms with E-state index in [1.807, 2.05) is 58.7 Å². The molecule has 810 valence electrons. The van der Waals surface area contributed by atoms with Gasteiger partial charge in [-0.2, -0.15) is 5.26 Å². The van der Waals surface area contributed by atoms with Crippen molar-refractivity contribution in [2.24, 2.45) is 29.6 Å². The number of amides is 1. The van der Waals surface area contributed by atoms with Crippen molar-refractivity contribution in [1.82, 2.24) is 54.0 Å². The molecule has 9 heterocycles. The molecule has 0 N–H and O–H groups in total. The number of rotatable bonds is 36. The molecule has 8 saturated heterocycles. The number of hydrogen-bond donors (Lipinski definition) is 0. The average Bonchev–Trinajstić information content (AvgIpc) is 1.73. The van der Waals surface area contributed by atoms with Crippen molar-refractivity contribution in [2.45, 2.75) is 421 Å². The number of ether oxygens (including phenoxy) is 10. The van der Waals surface area contributed by atoms with E-state index in [0.717, 1.165) is 200 Å². The number of pyridine rings is 1. The largest absolute Gasteiger partial charge is 0.468 e. The third-order valence-corrected chi connectivity index (χ3v) is 24.9. The lowest BCUT2D eigenvalue weighted by molar-refractivity contribution is -0.146. The SMILES string of the molecule is C.CC(C)(C)OCCN(CCC#N)Cc1cccnc1.CC(C)(C)OCCN1CCCC1.CC(C)(C)OCCN1CCCCC1.CC1CCCN(CCOC(C)(C)C)C1.CC1CCN(CCOC(C)(C)C)C1.CC1CCN(CCOC(C)(C)C)CC1.CCC1CCCN1CCOC(C)(C)C.CCN(CC)C(=O)C1CCCN(CCOC(C)(C)C)C1.COC(=O)C1CC(C)CN1CCOC(C)(C)C. The molecule has 0 spiro atoms. The van der Waals surface area contributed by atoms with Crippen LogP contribution in [0.5, 0.6) is 0 Å². The molecular weight excluding hydrogens is 1720 g/mol. The number of piperidine rings is 4. The van der Waals surface area contributed by atoms with Gasteiger partial charge in [0.2, 0.25) is 5.91 Å². The standard InChI is InChI=1S/C16H32N2O2.C15H23N3O.C13H25NO3.3C12H25NO.2C11H23NO.C10H21NO.CH4/c1-6-18(7-2)15(19)14-9-8-10-17(13-14)11-12-20-16(3,4)5;1-15(2,3)19-11-10-18(9-5-7-16)13-14-6-4-8-17-12-14;1-10-8-11(12(15)16-5)14(9-10)6-7-17-13(2,3)4;1-11-5-7-13(8-6-11)9-10-14-12(2,3)4;1-11-6-5-7-13(10-11)8-9-14-12(2,3)4;1-5-11-7-6-8-13(11)9-10-14-12(2,3)4;1-10-5-6-12(9-10)7-8-13-11(2,3)4;1-11(2,3)13-10-9-12-7-5-4-6-8-12;1-10(2,3)12-9-8-11-6-4-5-7-11;/h14H,6-13H2,1-5H3;4,6,8,12H,5,9-11,13H2,1-3H3;10-11H,6-9H2,1-5H3;3*11H,5-10H2,1-4H3;10H,5-9H2,1-4H3;4-10H2,1-3H3;4-9H2,1-3H3;1H4. The van der Waals surface area contributed by atoms with Crippen LogP contribution in [0, 0.1) is 40.9 Å². The number of esters is 1. The topological polar surface area (TPSA) is 196 Å². The Balaban J connectivity index is 0.00000152. The number of likely N-dealkylation sites (tertiary alicyclic amines) is 8. The molecule has 0 aromatic carbocycles. The van der Waals surface area contributed by atoms with Crippen molar-refractivity contribution in [3.8, 4) is 6.07 Å². The molecule has 6 unspecified atom stereocenters. The van der Waals surface area contributed by atoms with Crippen LogP contribution in [0.3, 0.4) is 0 Å². The Hall–Kier alpha value is -3.14. The summed E-state index contributed by atoms with van der Waals surface area (Å²) in [6.07, 6.45) is 25.0. The van der Waals surface area contributed by atoms with E-state index in [1.54, 1.807) is 6.20 Å². The molecule has 0 bridgehead atoms. The van der Waals surface area contributed by atoms with Crippen molar-refractivity contribution < 1.29 is 57.0 Å². The number of nitrogens with zero attached hydrogens (tertiary/aromatic N) is 12. The molecule has 8 aliphatic heterocycles. The first kappa shape index (κ1) is 134. The smallest absolute Gasteiger partial charge is 0.323 e. The maximum absolute atomic E-state index is 12.4. The fourth-order valence-corrected chi connectivity index (χ4v) is 17.4. The van der Waals surface area contributed by atoms with Crippen LogP contribution >= 0.6 is 0 Å². The van der Waals surface area contributed by atoms with Crippen molar-refractivity contribution in [3.05, 3.63) is 30.1 Å². The highest BCUT2D eigenvalue weighted by Gasteiger charge is 2.36. The van der Waals surface area contributed by atoms with Gasteiger partial charge in [-0.05, 0) is 398 Å². The number of hydrogen-bond acceptors (Lipinski definition) is 23. The fourth-order valence-electron chi connectivity index (χ4n) is 17.4. The number of methoxy groups -OCH3 is 1. The molecule has 24 nitrogen and oxygen atoms in total. The summed E-state index contributed by atoms with van der Waals surface area (Å²) in [5, 5.41) is 8.72. The average molecular weight is 1950 g/mol. The van der Waals surface area contributed by atoms with Gasteiger partial charge in [-0.25, -0.2) is 0 Å². The molecule has 0 saturated carbocycles. The number of aromatic nitrogens is 1. The first-order valence-electron chi connectivity index (χ1n) is 54.2. The van der Waals surface area contributed by atoms with Gasteiger partial charge in [-0.1, -0.05) is 54.5 Å². The third-order valence-electron chi connectivity index (χ3n) is 24.9. The van der Waals surface area contributed by atoms with Gasteiger partial charge < -0.3 is 81.7 Å². The first-order chi connectivity index (χ1) is 63.3. The predicted molar refractivity (Wildman–Crippen MR) is 577 cm³/mol. The van der Waals surface area contributed by atoms with Crippen LogP contribution in [0.2, 0.25) is 0 Å². The van der Waals surface area contributed by atoms with E-state index in [0.29, 0.717) is 31.5 Å². The van der Waals surface area contributed by atoms with Crippen molar-refractivity contribution in [2.75, 3.05) is 237 Å². The Labute approximate surface area is 847 Å². The van der Waals surface area contributed by atoms with Crippen molar-refractivity contribution >= 4 is 11.9 Å². The molecule has 1 aromatic heterocycles. The van der Waals surface area contributed by atoms with Crippen LogP contribution in [0.4, 0.5) is 0 Å². The molecule has 24 heteroatoms. The monoisotopic (exact) mass is 1940 g/mol. The number of carbonyl (C=O) groups excluding carboxylic acids is 2. The highest BCUT2D eigenvalue weighted by molar-refractivity contribution is 5.79. The highest BCUT2D eigenvalue weighted by Crippen LogP contribution is 2.27. The van der Waals surface area contributed by atoms with Crippen LogP contribution in [0.1, 0.15) is 358 Å². The molecule has 137 heavy (non-hydrogen) atoms. The number of carbonyl (C=O) groups is 2. The summed E-state index contributed by atoms with van der Waals surface area (Å²) in [6.45, 7) is 109. The predicted octanol–water partition coefficient (Wildman–Crippen LogP) is 21.4. The summed E-state index contributed by atoms with van der Waals surface area (Å²) in [5.41, 5.74) is 0.969. The lowest BCUT2D eigenvalue weighted by Crippen LogP contribution is -2.45. The van der Waals surface area contributed by atoms with E-state index in [1.165, 1.54) is 163 Å². The maximum atomic E-state index is 12.4. The zero-order valence-electron chi connectivity index (χ0n) is 95.6. The van der Waals surface area contributed by atoms with Crippen molar-refractivity contribution in [3.63, 3.8) is 0 Å². The summed E-state index contributed by atoms with van der Waals surface area (Å²) in [5.74, 6) is 3.62. The normalized spacial score (nSPS) is 21.3. The molecule has 8 aliphatic rings. The van der Waals surface area contributed by atoms with Crippen LogP contribution in [0.15, 0.2) is 24.5 Å². The molecule has 1 amide bonds. The zero-order valence-corrected chi connectivity index (χ0v) is 95.6. The van der Waals surface area contributed by atoms with Gasteiger partial charge in [0.25, 0.3) is 0 Å². The molecule has 9 rings (SSSR count). The second-order valence-electron chi connectivity index (χ2n) is 48.7. The Bertz CT molecular complexity index is 3080. The van der Waals surface area contributed by atoms with Crippen LogP contribution in [0.25, 0.3) is 0 Å². The van der Waals surface area contributed by atoms with E-state index < -0.39 is 0 Å². The zero-order chi connectivity index (χ0) is 103. The van der Waals surface area contributed by atoms with E-state index in [-0.39, 0.29) is 75.8 Å². The van der Waals surface area contributed by atoms with Gasteiger partial charge in [0.05, 0.1) is 129 Å². The summed E-state index contributed by atoms with van der Waals surface area (Å²) < 4.78 is 56.3. The third kappa shape index (κ3) is 77.0. The van der Waals surface area contributed by atoms with Gasteiger partial charge in [0.1, 0.15) is 6.04 Å². The van der Waals surface area contributed by atoms with E-state index >= 15 is 0 Å². The lowest BCUT2D eigenvalue weighted by atomic mass is 9.96. The molecule has 1 aromatic rings. The van der Waals surface area contributed by atoms with E-state index in [9.17, 15) is 9.59 Å². The van der Waals surface area contributed by atoms with Crippen LogP contribution < -0.4 is 0 Å². The van der Waals surface area contributed by atoms with Gasteiger partial charge >= 0.3 is 5.97 Å². The van der Waals surface area contributed by atoms with E-state index in [4.69, 9.17) is 52.6 Å². The minimum atomic E-state index is -0.120. The Morgan fingerprint density at radius 1 is 0.394 bits per heavy atom. The number of nitriles is 1. The van der Waals surface area contributed by atoms with Gasteiger partial charge in [-0.3, -0.25) is 29.3 Å². The Morgan fingerprint density at radius 3 is 1.12 bits per heavy atom. The fraction of sp³-hybridized carbons (Fsp3) is 0.929. The minimum absolute atomic E-state index is 0. The maximum Gasteiger partial charge on any atom is 0.323 e. The second kappa shape index (κ2) is 71.4. The lowest BCUT2D eigenvalue weighted by Gasteiger charge is -2.35. The Morgan fingerprint density at radius 2 is 0.745 bits per heavy atom. The molecule has 0 radical (unpaired) electrons. The van der Waals surface area contributed by atoms with Crippen LogP contribution in [-0.4, -0.2) is 365 Å². The molecule has 0 aliphatic carbocycles. The summed E-state index contributed by atoms with van der Waals surface area (Å²) in [7, 11) is 1.45. The quantitative estimate of drug-likeness (QED) is 0.0575. The summed E-state index contributed by atoms with van der Waals surface area (Å²) in [4.78, 5) is 52.0. The van der Waals surface area contributed by atoms with Crippen LogP contribution in [-0.2, 0) is 63.5 Å². The second-order valence-corrected chi connectivity index (χ2v) is 48.7. The summed E-state index contributed by atoms with van der Waals surface area (Å²) in [6, 6.07) is 6.91. The Kier molecular flexibility index (Phi) is 69.8. The minimum Gasteiger partial charge on any atom is -0.468 e. The molecule has 8 fully saturated rings. The van der Waals surface area contributed by atoms with Gasteiger partial charge in [0, 0.05) is 136 Å². The molecule has 6 atom stereocenters. The van der Waals surface area contributed by atoms with Gasteiger partial charge in [-0.15, -0.1) is 0 Å². The first-order valence-corrected chi connectivity index (χ1v) is 54.2. The molecular formula is C113H226N12O12. The highest BCUT2D eigenvalue weighted by atomic mass is 16.5.